The molecule has 0 amide bonds. The van der Waals surface area contributed by atoms with E-state index in [2.05, 4.69) is 9.97 Å². The first kappa shape index (κ1) is 10.1. The number of aromatic nitrogens is 2. The Morgan fingerprint density at radius 1 is 1.13 bits per heavy atom. The summed E-state index contributed by atoms with van der Waals surface area (Å²) in [6, 6.07) is 8.06. The van der Waals surface area contributed by atoms with E-state index >= 15 is 0 Å². The number of hydrogen-bond donors (Lipinski definition) is 0. The summed E-state index contributed by atoms with van der Waals surface area (Å²) >= 11 is 5.68. The second-order valence-corrected chi connectivity index (χ2v) is 3.63. The monoisotopic (exact) mass is 218 g/mol. The van der Waals surface area contributed by atoms with E-state index in [1.807, 2.05) is 31.2 Å². The van der Waals surface area contributed by atoms with Gasteiger partial charge in [0.05, 0.1) is 5.88 Å². The summed E-state index contributed by atoms with van der Waals surface area (Å²) in [5.74, 6) is 1.20. The van der Waals surface area contributed by atoms with Crippen LogP contribution in [0.2, 0.25) is 0 Å². The Hall–Kier alpha value is -1.41. The van der Waals surface area contributed by atoms with Crippen LogP contribution in [0.3, 0.4) is 0 Å². The SMILES string of the molecule is Cc1ccccc1-c1ncc(CCl)cn1. The third kappa shape index (κ3) is 2.16. The van der Waals surface area contributed by atoms with Crippen LogP contribution in [-0.2, 0) is 5.88 Å². The third-order valence-electron chi connectivity index (χ3n) is 2.25. The Bertz CT molecular complexity index is 451. The van der Waals surface area contributed by atoms with Gasteiger partial charge in [-0.25, -0.2) is 9.97 Å². The van der Waals surface area contributed by atoms with Crippen LogP contribution in [0, 0.1) is 6.92 Å². The minimum Gasteiger partial charge on any atom is -0.236 e. The normalized spacial score (nSPS) is 10.3. The Balaban J connectivity index is 2.42. The summed E-state index contributed by atoms with van der Waals surface area (Å²) < 4.78 is 0. The molecule has 0 aliphatic heterocycles. The topological polar surface area (TPSA) is 25.8 Å². The van der Waals surface area contributed by atoms with E-state index in [0.717, 1.165) is 17.0 Å². The van der Waals surface area contributed by atoms with Gasteiger partial charge in [0, 0.05) is 23.5 Å². The molecule has 0 fully saturated rings. The molecule has 0 atom stereocenters. The van der Waals surface area contributed by atoms with Gasteiger partial charge in [0.2, 0.25) is 0 Å². The van der Waals surface area contributed by atoms with Crippen LogP contribution < -0.4 is 0 Å². The molecule has 2 rings (SSSR count). The van der Waals surface area contributed by atoms with Crippen LogP contribution in [0.15, 0.2) is 36.7 Å². The van der Waals surface area contributed by atoms with Crippen molar-refractivity contribution in [1.82, 2.24) is 9.97 Å². The van der Waals surface area contributed by atoms with Gasteiger partial charge in [0.15, 0.2) is 5.82 Å². The molecule has 1 aromatic heterocycles. The van der Waals surface area contributed by atoms with Gasteiger partial charge in [0.1, 0.15) is 0 Å². The molecule has 0 bridgehead atoms. The maximum absolute atomic E-state index is 5.68. The molecular weight excluding hydrogens is 208 g/mol. The first-order chi connectivity index (χ1) is 7.31. The molecular formula is C12H11ClN2. The van der Waals surface area contributed by atoms with E-state index in [9.17, 15) is 0 Å². The highest BCUT2D eigenvalue weighted by Gasteiger charge is 2.03. The quantitative estimate of drug-likeness (QED) is 0.724. The lowest BCUT2D eigenvalue weighted by atomic mass is 10.1. The largest absolute Gasteiger partial charge is 0.236 e. The minimum absolute atomic E-state index is 0.452. The molecule has 0 aliphatic rings. The molecule has 1 aromatic carbocycles. The van der Waals surface area contributed by atoms with Crippen molar-refractivity contribution in [3.05, 3.63) is 47.8 Å². The van der Waals surface area contributed by atoms with Crippen molar-refractivity contribution in [3.8, 4) is 11.4 Å². The van der Waals surface area contributed by atoms with Gasteiger partial charge in [-0.1, -0.05) is 24.3 Å². The third-order valence-corrected chi connectivity index (χ3v) is 2.55. The van der Waals surface area contributed by atoms with Crippen LogP contribution in [0.5, 0.6) is 0 Å². The Kier molecular flexibility index (Phi) is 2.97. The first-order valence-corrected chi connectivity index (χ1v) is 5.27. The number of benzene rings is 1. The molecule has 0 saturated carbocycles. The fraction of sp³-hybridized carbons (Fsp3) is 0.167. The maximum Gasteiger partial charge on any atom is 0.159 e. The van der Waals surface area contributed by atoms with E-state index in [-0.39, 0.29) is 0 Å². The smallest absolute Gasteiger partial charge is 0.159 e. The summed E-state index contributed by atoms with van der Waals surface area (Å²) in [5, 5.41) is 0. The summed E-state index contributed by atoms with van der Waals surface area (Å²) in [6.07, 6.45) is 3.53. The van der Waals surface area contributed by atoms with Gasteiger partial charge in [-0.05, 0) is 12.5 Å². The van der Waals surface area contributed by atoms with Gasteiger partial charge in [-0.3, -0.25) is 0 Å². The van der Waals surface area contributed by atoms with Gasteiger partial charge in [0.25, 0.3) is 0 Å². The van der Waals surface area contributed by atoms with Crippen LogP contribution in [-0.4, -0.2) is 9.97 Å². The van der Waals surface area contributed by atoms with Crippen LogP contribution in [0.25, 0.3) is 11.4 Å². The minimum atomic E-state index is 0.452. The summed E-state index contributed by atoms with van der Waals surface area (Å²) in [5.41, 5.74) is 3.18. The molecule has 76 valence electrons. The number of nitrogens with zero attached hydrogens (tertiary/aromatic N) is 2. The lowest BCUT2D eigenvalue weighted by Gasteiger charge is -2.03. The van der Waals surface area contributed by atoms with E-state index < -0.39 is 0 Å². The molecule has 0 saturated heterocycles. The predicted octanol–water partition coefficient (Wildman–Crippen LogP) is 3.19. The highest BCUT2D eigenvalue weighted by molar-refractivity contribution is 6.17. The predicted molar refractivity (Wildman–Crippen MR) is 61.8 cm³/mol. The number of halogens is 1. The molecule has 3 heteroatoms. The van der Waals surface area contributed by atoms with Gasteiger partial charge >= 0.3 is 0 Å². The molecule has 2 aromatic rings. The second kappa shape index (κ2) is 4.41. The molecule has 0 radical (unpaired) electrons. The standard InChI is InChI=1S/C12H11ClN2/c1-9-4-2-3-5-11(9)12-14-7-10(6-13)8-15-12/h2-5,7-8H,6H2,1H3. The Morgan fingerprint density at radius 3 is 2.40 bits per heavy atom. The van der Waals surface area contributed by atoms with Crippen molar-refractivity contribution >= 4 is 11.6 Å². The van der Waals surface area contributed by atoms with Crippen molar-refractivity contribution in [3.63, 3.8) is 0 Å². The summed E-state index contributed by atoms with van der Waals surface area (Å²) in [7, 11) is 0. The van der Waals surface area contributed by atoms with Gasteiger partial charge < -0.3 is 0 Å². The number of rotatable bonds is 2. The molecule has 0 N–H and O–H groups in total. The zero-order chi connectivity index (χ0) is 10.7. The average Bonchev–Trinajstić information content (AvgIpc) is 2.30. The zero-order valence-electron chi connectivity index (χ0n) is 8.44. The number of alkyl halides is 1. The lowest BCUT2D eigenvalue weighted by Crippen LogP contribution is -1.92. The fourth-order valence-electron chi connectivity index (χ4n) is 1.39. The van der Waals surface area contributed by atoms with Crippen LogP contribution in [0.4, 0.5) is 0 Å². The van der Waals surface area contributed by atoms with Crippen molar-refractivity contribution < 1.29 is 0 Å². The van der Waals surface area contributed by atoms with E-state index in [1.54, 1.807) is 12.4 Å². The number of aryl methyl sites for hydroxylation is 1. The van der Waals surface area contributed by atoms with Crippen LogP contribution >= 0.6 is 11.6 Å². The molecule has 0 aliphatic carbocycles. The van der Waals surface area contributed by atoms with E-state index in [0.29, 0.717) is 5.88 Å². The van der Waals surface area contributed by atoms with Crippen molar-refractivity contribution in [1.29, 1.82) is 0 Å². The highest BCUT2D eigenvalue weighted by Crippen LogP contribution is 2.18. The fourth-order valence-corrected chi connectivity index (χ4v) is 1.52. The van der Waals surface area contributed by atoms with Crippen LogP contribution in [0.1, 0.15) is 11.1 Å². The van der Waals surface area contributed by atoms with E-state index in [1.165, 1.54) is 5.56 Å². The average molecular weight is 219 g/mol. The second-order valence-electron chi connectivity index (χ2n) is 3.36. The Labute approximate surface area is 94.0 Å². The van der Waals surface area contributed by atoms with Gasteiger partial charge in [-0.2, -0.15) is 0 Å². The number of hydrogen-bond acceptors (Lipinski definition) is 2. The molecule has 1 heterocycles. The van der Waals surface area contributed by atoms with Crippen molar-refractivity contribution in [2.75, 3.05) is 0 Å². The highest BCUT2D eigenvalue weighted by atomic mass is 35.5. The zero-order valence-corrected chi connectivity index (χ0v) is 9.20. The van der Waals surface area contributed by atoms with Crippen molar-refractivity contribution in [2.45, 2.75) is 12.8 Å². The van der Waals surface area contributed by atoms with Gasteiger partial charge in [-0.15, -0.1) is 11.6 Å². The molecule has 2 nitrogen and oxygen atoms in total. The maximum atomic E-state index is 5.68. The van der Waals surface area contributed by atoms with Crippen molar-refractivity contribution in [2.24, 2.45) is 0 Å². The molecule has 0 unspecified atom stereocenters. The summed E-state index contributed by atoms with van der Waals surface area (Å²) in [4.78, 5) is 8.57. The van der Waals surface area contributed by atoms with E-state index in [4.69, 9.17) is 11.6 Å². The summed E-state index contributed by atoms with van der Waals surface area (Å²) in [6.45, 7) is 2.05. The molecule has 15 heavy (non-hydrogen) atoms. The first-order valence-electron chi connectivity index (χ1n) is 4.74. The Morgan fingerprint density at radius 2 is 1.80 bits per heavy atom. The molecule has 0 spiro atoms. The lowest BCUT2D eigenvalue weighted by molar-refractivity contribution is 1.12.